The van der Waals surface area contributed by atoms with Crippen LogP contribution in [0.2, 0.25) is 0 Å². The van der Waals surface area contributed by atoms with Gasteiger partial charge in [0, 0.05) is 24.4 Å². The zero-order chi connectivity index (χ0) is 14.0. The third-order valence-corrected chi connectivity index (χ3v) is 2.78. The van der Waals surface area contributed by atoms with Crippen LogP contribution in [-0.2, 0) is 6.54 Å². The largest absolute Gasteiger partial charge is 0.381 e. The zero-order valence-electron chi connectivity index (χ0n) is 10.1. The van der Waals surface area contributed by atoms with Crippen molar-refractivity contribution >= 4 is 5.69 Å². The third kappa shape index (κ3) is 3.05. The first-order valence-corrected chi connectivity index (χ1v) is 5.61. The summed E-state index contributed by atoms with van der Waals surface area (Å²) in [6, 6.07) is 5.98. The summed E-state index contributed by atoms with van der Waals surface area (Å²) in [5, 5.41) is 2.72. The highest BCUT2D eigenvalue weighted by atomic mass is 19.2. The molecule has 0 spiro atoms. The SMILES string of the molecule is Cc1ccc(F)cc1CNc1cc(F)c(F)c(F)c1. The molecule has 2 rings (SSSR count). The number of halogens is 4. The number of benzene rings is 2. The number of hydrogen-bond donors (Lipinski definition) is 1. The maximum Gasteiger partial charge on any atom is 0.194 e. The first-order chi connectivity index (χ1) is 8.97. The Morgan fingerprint density at radius 1 is 0.947 bits per heavy atom. The highest BCUT2D eigenvalue weighted by Crippen LogP contribution is 2.19. The van der Waals surface area contributed by atoms with Crippen LogP contribution in [0, 0.1) is 30.2 Å². The standard InChI is InChI=1S/C14H11F4N/c1-8-2-3-10(15)4-9(8)7-19-11-5-12(16)14(18)13(17)6-11/h2-6,19H,7H2,1H3. The maximum atomic E-state index is 13.1. The van der Waals surface area contributed by atoms with E-state index in [4.69, 9.17) is 0 Å². The zero-order valence-corrected chi connectivity index (χ0v) is 10.1. The van der Waals surface area contributed by atoms with E-state index in [1.54, 1.807) is 13.0 Å². The Morgan fingerprint density at radius 3 is 2.21 bits per heavy atom. The Balaban J connectivity index is 2.17. The molecule has 1 nitrogen and oxygen atoms in total. The Labute approximate surface area is 107 Å². The van der Waals surface area contributed by atoms with Crippen molar-refractivity contribution in [3.8, 4) is 0 Å². The van der Waals surface area contributed by atoms with Gasteiger partial charge >= 0.3 is 0 Å². The molecule has 0 radical (unpaired) electrons. The summed E-state index contributed by atoms with van der Waals surface area (Å²) >= 11 is 0. The van der Waals surface area contributed by atoms with Crippen LogP contribution in [0.4, 0.5) is 23.2 Å². The molecule has 0 amide bonds. The van der Waals surface area contributed by atoms with Gasteiger partial charge in [0.25, 0.3) is 0 Å². The van der Waals surface area contributed by atoms with E-state index in [2.05, 4.69) is 5.32 Å². The van der Waals surface area contributed by atoms with Crippen LogP contribution in [0.5, 0.6) is 0 Å². The molecule has 2 aromatic rings. The smallest absolute Gasteiger partial charge is 0.194 e. The van der Waals surface area contributed by atoms with Gasteiger partial charge in [0.05, 0.1) is 0 Å². The Bertz CT molecular complexity index is 587. The number of hydrogen-bond acceptors (Lipinski definition) is 1. The van der Waals surface area contributed by atoms with Crippen LogP contribution in [0.1, 0.15) is 11.1 Å². The topological polar surface area (TPSA) is 12.0 Å². The van der Waals surface area contributed by atoms with Crippen LogP contribution < -0.4 is 5.32 Å². The highest BCUT2D eigenvalue weighted by molar-refractivity contribution is 5.45. The van der Waals surface area contributed by atoms with Crippen molar-refractivity contribution in [1.82, 2.24) is 0 Å². The Morgan fingerprint density at radius 2 is 1.58 bits per heavy atom. The van der Waals surface area contributed by atoms with Crippen LogP contribution in [-0.4, -0.2) is 0 Å². The fourth-order valence-electron chi connectivity index (χ4n) is 1.69. The second-order valence-electron chi connectivity index (χ2n) is 4.18. The molecular formula is C14H11F4N. The number of nitrogens with one attached hydrogen (secondary N) is 1. The molecule has 0 aromatic heterocycles. The summed E-state index contributed by atoms with van der Waals surface area (Å²) in [5.41, 5.74) is 1.60. The van der Waals surface area contributed by atoms with E-state index in [0.29, 0.717) is 5.56 Å². The summed E-state index contributed by atoms with van der Waals surface area (Å²) in [6.45, 7) is 1.98. The van der Waals surface area contributed by atoms with Crippen molar-refractivity contribution in [3.05, 3.63) is 64.7 Å². The Hall–Kier alpha value is -2.04. The quantitative estimate of drug-likeness (QED) is 0.651. The molecule has 1 N–H and O–H groups in total. The molecule has 0 atom stereocenters. The van der Waals surface area contributed by atoms with Gasteiger partial charge < -0.3 is 5.32 Å². The molecule has 0 aliphatic heterocycles. The highest BCUT2D eigenvalue weighted by Gasteiger charge is 2.10. The van der Waals surface area contributed by atoms with E-state index in [1.807, 2.05) is 0 Å². The van der Waals surface area contributed by atoms with Gasteiger partial charge in [-0.25, -0.2) is 17.6 Å². The predicted molar refractivity (Wildman–Crippen MR) is 64.8 cm³/mol. The summed E-state index contributed by atoms with van der Waals surface area (Å²) in [5.74, 6) is -4.43. The summed E-state index contributed by atoms with van der Waals surface area (Å²) in [4.78, 5) is 0. The lowest BCUT2D eigenvalue weighted by Gasteiger charge is -2.10. The van der Waals surface area contributed by atoms with Gasteiger partial charge in [0.1, 0.15) is 5.82 Å². The monoisotopic (exact) mass is 269 g/mol. The predicted octanol–water partition coefficient (Wildman–Crippen LogP) is 4.16. The second-order valence-corrected chi connectivity index (χ2v) is 4.18. The van der Waals surface area contributed by atoms with Gasteiger partial charge in [-0.05, 0) is 30.2 Å². The van der Waals surface area contributed by atoms with Crippen LogP contribution in [0.25, 0.3) is 0 Å². The minimum absolute atomic E-state index is 0.0973. The summed E-state index contributed by atoms with van der Waals surface area (Å²) < 4.78 is 51.8. The van der Waals surface area contributed by atoms with Crippen LogP contribution >= 0.6 is 0 Å². The molecule has 0 unspecified atom stereocenters. The van der Waals surface area contributed by atoms with Crippen LogP contribution in [0.15, 0.2) is 30.3 Å². The molecule has 0 saturated carbocycles. The molecule has 0 aliphatic rings. The number of rotatable bonds is 3. The normalized spacial score (nSPS) is 10.6. The average molecular weight is 269 g/mol. The molecule has 0 fully saturated rings. The van der Waals surface area contributed by atoms with Crippen molar-refractivity contribution in [2.45, 2.75) is 13.5 Å². The fraction of sp³-hybridized carbons (Fsp3) is 0.143. The van der Waals surface area contributed by atoms with Crippen LogP contribution in [0.3, 0.4) is 0 Å². The van der Waals surface area contributed by atoms with E-state index in [1.165, 1.54) is 12.1 Å². The van der Waals surface area contributed by atoms with E-state index in [0.717, 1.165) is 17.7 Å². The Kier molecular flexibility index (Phi) is 3.74. The molecule has 5 heteroatoms. The molecule has 0 bridgehead atoms. The molecule has 0 saturated heterocycles. The van der Waals surface area contributed by atoms with Gasteiger partial charge in [-0.1, -0.05) is 6.07 Å². The molecule has 19 heavy (non-hydrogen) atoms. The molecule has 100 valence electrons. The molecule has 2 aromatic carbocycles. The van der Waals surface area contributed by atoms with Gasteiger partial charge in [0.15, 0.2) is 17.5 Å². The fourth-order valence-corrected chi connectivity index (χ4v) is 1.69. The molecule has 0 aliphatic carbocycles. The van der Waals surface area contributed by atoms with Crippen molar-refractivity contribution in [1.29, 1.82) is 0 Å². The lowest BCUT2D eigenvalue weighted by atomic mass is 10.1. The van der Waals surface area contributed by atoms with Gasteiger partial charge in [-0.15, -0.1) is 0 Å². The maximum absolute atomic E-state index is 13.1. The second kappa shape index (κ2) is 5.30. The lowest BCUT2D eigenvalue weighted by Crippen LogP contribution is -2.03. The average Bonchev–Trinajstić information content (AvgIpc) is 2.37. The summed E-state index contributed by atoms with van der Waals surface area (Å²) in [6.07, 6.45) is 0. The third-order valence-electron chi connectivity index (χ3n) is 2.78. The first-order valence-electron chi connectivity index (χ1n) is 5.61. The van der Waals surface area contributed by atoms with E-state index >= 15 is 0 Å². The summed E-state index contributed by atoms with van der Waals surface area (Å²) in [7, 11) is 0. The van der Waals surface area contributed by atoms with E-state index in [9.17, 15) is 17.6 Å². The number of anilines is 1. The minimum atomic E-state index is -1.51. The van der Waals surface area contributed by atoms with Crippen molar-refractivity contribution < 1.29 is 17.6 Å². The van der Waals surface area contributed by atoms with Gasteiger partial charge in [0.2, 0.25) is 0 Å². The first kappa shape index (κ1) is 13.4. The van der Waals surface area contributed by atoms with Gasteiger partial charge in [-0.3, -0.25) is 0 Å². The van der Waals surface area contributed by atoms with Crippen molar-refractivity contribution in [2.75, 3.05) is 5.32 Å². The van der Waals surface area contributed by atoms with E-state index < -0.39 is 17.5 Å². The molecular weight excluding hydrogens is 258 g/mol. The molecule has 0 heterocycles. The van der Waals surface area contributed by atoms with Crippen molar-refractivity contribution in [3.63, 3.8) is 0 Å². The number of aryl methyl sites for hydroxylation is 1. The van der Waals surface area contributed by atoms with E-state index in [-0.39, 0.29) is 18.0 Å². The van der Waals surface area contributed by atoms with Crippen molar-refractivity contribution in [2.24, 2.45) is 0 Å². The lowest BCUT2D eigenvalue weighted by molar-refractivity contribution is 0.447. The minimum Gasteiger partial charge on any atom is -0.381 e. The van der Waals surface area contributed by atoms with Gasteiger partial charge in [-0.2, -0.15) is 0 Å².